The van der Waals surface area contributed by atoms with E-state index in [2.05, 4.69) is 10.5 Å². The van der Waals surface area contributed by atoms with Crippen LogP contribution in [-0.4, -0.2) is 23.1 Å². The van der Waals surface area contributed by atoms with E-state index >= 15 is 0 Å². The molecule has 1 aromatic heterocycles. The van der Waals surface area contributed by atoms with Crippen LogP contribution in [0.25, 0.3) is 11.3 Å². The van der Waals surface area contributed by atoms with Crippen LogP contribution >= 0.6 is 24.0 Å². The second-order valence-electron chi connectivity index (χ2n) is 5.93. The monoisotopic (exact) mass is 355 g/mol. The summed E-state index contributed by atoms with van der Waals surface area (Å²) < 4.78 is 5.25. The van der Waals surface area contributed by atoms with E-state index in [9.17, 15) is 4.79 Å². The molecule has 1 fully saturated rings. The minimum Gasteiger partial charge on any atom is -0.355 e. The number of aromatic nitrogens is 1. The molecule has 0 radical (unpaired) electrons. The molecule has 0 bridgehead atoms. The molecular weight excluding hydrogens is 337 g/mol. The number of nitrogens with one attached hydrogen (secondary N) is 1. The lowest BCUT2D eigenvalue weighted by Crippen LogP contribution is -2.53. The van der Waals surface area contributed by atoms with Gasteiger partial charge in [0.1, 0.15) is 0 Å². The fraction of sp³-hybridized carbons (Fsp3) is 0.375. The van der Waals surface area contributed by atoms with E-state index in [0.29, 0.717) is 23.2 Å². The zero-order valence-corrected chi connectivity index (χ0v) is 14.3. The lowest BCUT2D eigenvalue weighted by molar-refractivity contribution is 0.0888. The summed E-state index contributed by atoms with van der Waals surface area (Å²) in [6.07, 6.45) is 2.20. The number of carbonyl (C=O) groups is 1. The number of nitrogens with zero attached hydrogens (tertiary/aromatic N) is 1. The van der Waals surface area contributed by atoms with Crippen molar-refractivity contribution in [1.82, 2.24) is 10.5 Å². The Bertz CT molecular complexity index is 683. The molecule has 1 aliphatic carbocycles. The first-order valence-electron chi connectivity index (χ1n) is 7.27. The van der Waals surface area contributed by atoms with Crippen LogP contribution in [0.4, 0.5) is 0 Å². The first kappa shape index (κ1) is 17.8. The Morgan fingerprint density at radius 3 is 2.65 bits per heavy atom. The van der Waals surface area contributed by atoms with E-state index in [-0.39, 0.29) is 29.5 Å². The number of hydrogen-bond donors (Lipinski definition) is 2. The lowest BCUT2D eigenvalue weighted by atomic mass is 9.96. The lowest BCUT2D eigenvalue weighted by Gasteiger charge is -2.28. The molecule has 1 amide bonds. The Morgan fingerprint density at radius 1 is 1.43 bits per heavy atom. The highest BCUT2D eigenvalue weighted by Crippen LogP contribution is 2.39. The highest BCUT2D eigenvalue weighted by molar-refractivity contribution is 6.30. The normalized spacial score (nSPS) is 16.3. The van der Waals surface area contributed by atoms with Crippen LogP contribution in [-0.2, 0) is 0 Å². The van der Waals surface area contributed by atoms with E-state index in [1.54, 1.807) is 18.2 Å². The van der Waals surface area contributed by atoms with Crippen LogP contribution in [0.5, 0.6) is 0 Å². The zero-order valence-electron chi connectivity index (χ0n) is 12.7. The maximum Gasteiger partial charge on any atom is 0.273 e. The molecule has 1 aliphatic rings. The van der Waals surface area contributed by atoms with Crippen LogP contribution in [0.2, 0.25) is 5.02 Å². The average Bonchev–Trinajstić information content (AvgIpc) is 3.26. The molecule has 124 valence electrons. The number of amides is 1. The van der Waals surface area contributed by atoms with Gasteiger partial charge in [-0.15, -0.1) is 12.4 Å². The minimum atomic E-state index is -0.379. The number of hydrogen-bond acceptors (Lipinski definition) is 4. The van der Waals surface area contributed by atoms with Crippen LogP contribution < -0.4 is 11.1 Å². The largest absolute Gasteiger partial charge is 0.355 e. The van der Waals surface area contributed by atoms with Crippen molar-refractivity contribution in [1.29, 1.82) is 0 Å². The number of rotatable bonds is 5. The van der Waals surface area contributed by atoms with Gasteiger partial charge in [0.25, 0.3) is 5.91 Å². The molecule has 3 rings (SSSR count). The van der Waals surface area contributed by atoms with Gasteiger partial charge < -0.3 is 15.6 Å². The smallest absolute Gasteiger partial charge is 0.273 e. The van der Waals surface area contributed by atoms with Gasteiger partial charge in [0.15, 0.2) is 11.5 Å². The maximum atomic E-state index is 12.3. The SMILES string of the molecule is CC(CN)(NC(=O)c1cc(-c2ccc(Cl)cc2)on1)C1CC1.Cl. The van der Waals surface area contributed by atoms with E-state index in [4.69, 9.17) is 21.9 Å². The second kappa shape index (κ2) is 6.91. The maximum absolute atomic E-state index is 12.3. The summed E-state index contributed by atoms with van der Waals surface area (Å²) in [6, 6.07) is 8.79. The predicted octanol–water partition coefficient (Wildman–Crippen LogP) is 3.27. The van der Waals surface area contributed by atoms with E-state index in [0.717, 1.165) is 18.4 Å². The van der Waals surface area contributed by atoms with Crippen molar-refractivity contribution in [3.05, 3.63) is 41.0 Å². The van der Waals surface area contributed by atoms with Crippen molar-refractivity contribution >= 4 is 29.9 Å². The van der Waals surface area contributed by atoms with Crippen molar-refractivity contribution in [2.24, 2.45) is 11.7 Å². The molecule has 1 unspecified atom stereocenters. The third-order valence-electron chi connectivity index (χ3n) is 4.17. The topological polar surface area (TPSA) is 81.1 Å². The number of benzene rings is 1. The summed E-state index contributed by atoms with van der Waals surface area (Å²) in [5, 5.41) is 7.48. The fourth-order valence-corrected chi connectivity index (χ4v) is 2.62. The molecule has 1 saturated carbocycles. The molecule has 2 aromatic rings. The zero-order chi connectivity index (χ0) is 15.7. The molecule has 0 saturated heterocycles. The Hall–Kier alpha value is -1.56. The van der Waals surface area contributed by atoms with Gasteiger partial charge in [-0.1, -0.05) is 16.8 Å². The van der Waals surface area contributed by atoms with Gasteiger partial charge in [-0.3, -0.25) is 4.79 Å². The van der Waals surface area contributed by atoms with Crippen molar-refractivity contribution < 1.29 is 9.32 Å². The fourth-order valence-electron chi connectivity index (χ4n) is 2.50. The Morgan fingerprint density at radius 2 is 2.09 bits per heavy atom. The third-order valence-corrected chi connectivity index (χ3v) is 4.43. The molecule has 7 heteroatoms. The predicted molar refractivity (Wildman–Crippen MR) is 91.8 cm³/mol. The molecule has 0 spiro atoms. The number of halogens is 2. The third kappa shape index (κ3) is 3.86. The Balaban J connectivity index is 0.00000192. The number of carbonyl (C=O) groups excluding carboxylic acids is 1. The first-order chi connectivity index (χ1) is 10.5. The Kier molecular flexibility index (Phi) is 5.34. The van der Waals surface area contributed by atoms with Gasteiger partial charge in [0.05, 0.1) is 5.54 Å². The molecule has 23 heavy (non-hydrogen) atoms. The van der Waals surface area contributed by atoms with Crippen molar-refractivity contribution in [2.75, 3.05) is 6.54 Å². The number of nitrogens with two attached hydrogens (primary N) is 1. The summed E-state index contributed by atoms with van der Waals surface area (Å²) in [4.78, 5) is 12.3. The van der Waals surface area contributed by atoms with Crippen LogP contribution in [0.15, 0.2) is 34.9 Å². The van der Waals surface area contributed by atoms with Gasteiger partial charge in [-0.2, -0.15) is 0 Å². The molecule has 1 heterocycles. The van der Waals surface area contributed by atoms with Gasteiger partial charge in [-0.05, 0) is 49.9 Å². The summed E-state index contributed by atoms with van der Waals surface area (Å²) in [5.41, 5.74) is 6.51. The summed E-state index contributed by atoms with van der Waals surface area (Å²) in [7, 11) is 0. The molecular formula is C16H19Cl2N3O2. The molecule has 0 aliphatic heterocycles. The highest BCUT2D eigenvalue weighted by atomic mass is 35.5. The summed E-state index contributed by atoms with van der Waals surface area (Å²) in [5.74, 6) is 0.718. The van der Waals surface area contributed by atoms with Crippen molar-refractivity contribution in [2.45, 2.75) is 25.3 Å². The van der Waals surface area contributed by atoms with Gasteiger partial charge in [-0.25, -0.2) is 0 Å². The van der Waals surface area contributed by atoms with Gasteiger partial charge in [0, 0.05) is 23.2 Å². The minimum absolute atomic E-state index is 0. The van der Waals surface area contributed by atoms with Crippen molar-refractivity contribution in [3.8, 4) is 11.3 Å². The van der Waals surface area contributed by atoms with Gasteiger partial charge in [0.2, 0.25) is 0 Å². The van der Waals surface area contributed by atoms with Crippen LogP contribution in [0.1, 0.15) is 30.3 Å². The van der Waals surface area contributed by atoms with Gasteiger partial charge >= 0.3 is 0 Å². The molecule has 1 aromatic carbocycles. The molecule has 5 nitrogen and oxygen atoms in total. The summed E-state index contributed by atoms with van der Waals surface area (Å²) >= 11 is 5.86. The summed E-state index contributed by atoms with van der Waals surface area (Å²) in [6.45, 7) is 2.38. The van der Waals surface area contributed by atoms with Crippen molar-refractivity contribution in [3.63, 3.8) is 0 Å². The van der Waals surface area contributed by atoms with Crippen LogP contribution in [0, 0.1) is 5.92 Å². The van der Waals surface area contributed by atoms with Crippen LogP contribution in [0.3, 0.4) is 0 Å². The first-order valence-corrected chi connectivity index (χ1v) is 7.65. The van der Waals surface area contributed by atoms with E-state index < -0.39 is 0 Å². The standard InChI is InChI=1S/C16H18ClN3O2.ClH/c1-16(9-18,11-4-5-11)19-15(21)13-8-14(22-20-13)10-2-6-12(17)7-3-10;/h2-3,6-8,11H,4-5,9,18H2,1H3,(H,19,21);1H. The second-order valence-corrected chi connectivity index (χ2v) is 6.37. The Labute approximate surface area is 146 Å². The molecule has 1 atom stereocenters. The average molecular weight is 356 g/mol. The highest BCUT2D eigenvalue weighted by Gasteiger charge is 2.42. The molecule has 3 N–H and O–H groups in total. The van der Waals surface area contributed by atoms with E-state index in [1.165, 1.54) is 0 Å². The van der Waals surface area contributed by atoms with E-state index in [1.807, 2.05) is 19.1 Å². The quantitative estimate of drug-likeness (QED) is 0.862.